The van der Waals surface area contributed by atoms with E-state index in [0.29, 0.717) is 0 Å². The van der Waals surface area contributed by atoms with E-state index >= 15 is 0 Å². The number of benzene rings is 11. The van der Waals surface area contributed by atoms with Crippen LogP contribution in [0.4, 0.5) is 17.1 Å². The zero-order valence-corrected chi connectivity index (χ0v) is 35.5. The molecule has 0 saturated heterocycles. The zero-order chi connectivity index (χ0) is 42.3. The second-order valence-corrected chi connectivity index (χ2v) is 16.6. The van der Waals surface area contributed by atoms with Crippen molar-refractivity contribution in [1.29, 1.82) is 0 Å². The Kier molecular flexibility index (Phi) is 9.71. The Hall–Kier alpha value is -8.00. The summed E-state index contributed by atoms with van der Waals surface area (Å²) in [7, 11) is 0. The maximum atomic E-state index is 2.35. The number of anilines is 3. The van der Waals surface area contributed by atoms with E-state index in [2.05, 4.69) is 255 Å². The lowest BCUT2D eigenvalue weighted by Crippen LogP contribution is -2.10. The van der Waals surface area contributed by atoms with Crippen LogP contribution in [-0.2, 0) is 0 Å². The van der Waals surface area contributed by atoms with E-state index in [1.807, 2.05) is 0 Å². The molecule has 1 heteroatoms. The second kappa shape index (κ2) is 16.1. The molecule has 0 radical (unpaired) electrons. The van der Waals surface area contributed by atoms with Gasteiger partial charge in [-0.25, -0.2) is 0 Å². The molecule has 0 bridgehead atoms. The number of hydrogen-bond donors (Lipinski definition) is 0. The predicted octanol–water partition coefficient (Wildman–Crippen LogP) is 17.6. The topological polar surface area (TPSA) is 3.24 Å². The van der Waals surface area contributed by atoms with E-state index in [4.69, 9.17) is 0 Å². The maximum Gasteiger partial charge on any atom is 0.0464 e. The SMILES string of the molecule is Cc1cccc(N(c2ccc(-c3c4ccccc4c(-c4ccc(/C=C/c5ccc(-c6cccc7ccccc67)c6ccccc56)cc4)c4ccccc34)cc2)c2cccc(C)c2)c1. The fourth-order valence-corrected chi connectivity index (χ4v) is 9.62. The minimum Gasteiger partial charge on any atom is -0.310 e. The van der Waals surface area contributed by atoms with Crippen molar-refractivity contribution in [3.8, 4) is 33.4 Å². The molecule has 0 saturated carbocycles. The zero-order valence-electron chi connectivity index (χ0n) is 35.5. The van der Waals surface area contributed by atoms with Gasteiger partial charge < -0.3 is 4.90 Å². The molecule has 0 atom stereocenters. The molecule has 0 N–H and O–H groups in total. The first kappa shape index (κ1) is 38.0. The van der Waals surface area contributed by atoms with Gasteiger partial charge in [-0.3, -0.25) is 0 Å². The van der Waals surface area contributed by atoms with Gasteiger partial charge in [0, 0.05) is 17.1 Å². The van der Waals surface area contributed by atoms with Crippen LogP contribution in [0.25, 0.3) is 88.6 Å². The highest BCUT2D eigenvalue weighted by Gasteiger charge is 2.18. The van der Waals surface area contributed by atoms with Gasteiger partial charge in [0.2, 0.25) is 0 Å². The van der Waals surface area contributed by atoms with Crippen LogP contribution in [0.5, 0.6) is 0 Å². The highest BCUT2D eigenvalue weighted by Crippen LogP contribution is 2.45. The monoisotopic (exact) mass is 803 g/mol. The summed E-state index contributed by atoms with van der Waals surface area (Å²) in [6.07, 6.45) is 4.50. The minimum absolute atomic E-state index is 1.13. The van der Waals surface area contributed by atoms with Crippen LogP contribution >= 0.6 is 0 Å². The highest BCUT2D eigenvalue weighted by molar-refractivity contribution is 6.21. The lowest BCUT2D eigenvalue weighted by molar-refractivity contribution is 1.26. The maximum absolute atomic E-state index is 2.35. The van der Waals surface area contributed by atoms with Crippen LogP contribution in [0.2, 0.25) is 0 Å². The van der Waals surface area contributed by atoms with Gasteiger partial charge >= 0.3 is 0 Å². The Balaban J connectivity index is 0.951. The number of aryl methyl sites for hydroxylation is 2. The van der Waals surface area contributed by atoms with Crippen molar-refractivity contribution in [3.05, 3.63) is 247 Å². The molecular formula is C62H45N. The van der Waals surface area contributed by atoms with Crippen LogP contribution in [0.3, 0.4) is 0 Å². The lowest BCUT2D eigenvalue weighted by Gasteiger charge is -2.26. The van der Waals surface area contributed by atoms with Crippen LogP contribution in [0.15, 0.2) is 224 Å². The van der Waals surface area contributed by atoms with Crippen molar-refractivity contribution in [3.63, 3.8) is 0 Å². The van der Waals surface area contributed by atoms with Gasteiger partial charge in [-0.2, -0.15) is 0 Å². The Morgan fingerprint density at radius 1 is 0.317 bits per heavy atom. The van der Waals surface area contributed by atoms with E-state index < -0.39 is 0 Å². The molecule has 63 heavy (non-hydrogen) atoms. The van der Waals surface area contributed by atoms with Crippen molar-refractivity contribution in [2.75, 3.05) is 4.90 Å². The first-order valence-electron chi connectivity index (χ1n) is 21.8. The van der Waals surface area contributed by atoms with Crippen LogP contribution in [0, 0.1) is 13.8 Å². The molecule has 0 spiro atoms. The Morgan fingerprint density at radius 3 is 1.35 bits per heavy atom. The van der Waals surface area contributed by atoms with Crippen molar-refractivity contribution < 1.29 is 0 Å². The molecule has 11 rings (SSSR count). The largest absolute Gasteiger partial charge is 0.310 e. The molecule has 0 aromatic heterocycles. The number of hydrogen-bond acceptors (Lipinski definition) is 1. The summed E-state index contributed by atoms with van der Waals surface area (Å²) in [4.78, 5) is 2.35. The quantitative estimate of drug-likeness (QED) is 0.109. The summed E-state index contributed by atoms with van der Waals surface area (Å²) in [5.74, 6) is 0. The summed E-state index contributed by atoms with van der Waals surface area (Å²) in [6.45, 7) is 4.31. The third-order valence-corrected chi connectivity index (χ3v) is 12.6. The molecule has 0 unspecified atom stereocenters. The van der Waals surface area contributed by atoms with Gasteiger partial charge in [-0.15, -0.1) is 0 Å². The average Bonchev–Trinajstić information content (AvgIpc) is 3.33. The normalized spacial score (nSPS) is 11.6. The average molecular weight is 804 g/mol. The van der Waals surface area contributed by atoms with E-state index in [9.17, 15) is 0 Å². The van der Waals surface area contributed by atoms with Gasteiger partial charge in [0.1, 0.15) is 0 Å². The summed E-state index contributed by atoms with van der Waals surface area (Å²) in [5.41, 5.74) is 15.7. The molecule has 0 amide bonds. The second-order valence-electron chi connectivity index (χ2n) is 16.6. The Morgan fingerprint density at radius 2 is 0.778 bits per heavy atom. The van der Waals surface area contributed by atoms with Gasteiger partial charge in [0.15, 0.2) is 0 Å². The summed E-state index contributed by atoms with van der Waals surface area (Å²) in [5, 5.41) is 10.0. The van der Waals surface area contributed by atoms with Crippen LogP contribution in [0.1, 0.15) is 22.3 Å². The summed E-state index contributed by atoms with van der Waals surface area (Å²) >= 11 is 0. The van der Waals surface area contributed by atoms with Gasteiger partial charge in [-0.05, 0) is 149 Å². The third-order valence-electron chi connectivity index (χ3n) is 12.6. The molecule has 0 fully saturated rings. The number of nitrogens with zero attached hydrogens (tertiary/aromatic N) is 1. The molecule has 11 aromatic rings. The molecular weight excluding hydrogens is 759 g/mol. The van der Waals surface area contributed by atoms with Crippen molar-refractivity contribution in [1.82, 2.24) is 0 Å². The van der Waals surface area contributed by atoms with Crippen LogP contribution in [-0.4, -0.2) is 0 Å². The standard InChI is InChI=1S/C62H45N/c1-42-14-11-18-50(40-42)63(51-19-12-15-43(2)41-51)49-37-34-48(35-38-49)62-59-25-9-7-23-57(59)61(58-24-8-10-26-60(58)62)47-32-29-44(30-33-47)28-31-46-36-39-56(54-22-6-5-21-53(46)54)55-27-13-17-45-16-3-4-20-52(45)55/h3-41H,1-2H3/b31-28+. The van der Waals surface area contributed by atoms with Gasteiger partial charge in [-0.1, -0.05) is 200 Å². The molecule has 298 valence electrons. The van der Waals surface area contributed by atoms with Crippen molar-refractivity contribution in [2.24, 2.45) is 0 Å². The van der Waals surface area contributed by atoms with Crippen molar-refractivity contribution >= 4 is 72.3 Å². The molecule has 0 aliphatic heterocycles. The first-order valence-corrected chi connectivity index (χ1v) is 21.8. The fraction of sp³-hybridized carbons (Fsp3) is 0.0323. The third kappa shape index (κ3) is 7.04. The number of rotatable bonds is 8. The van der Waals surface area contributed by atoms with Gasteiger partial charge in [0.25, 0.3) is 0 Å². The summed E-state index contributed by atoms with van der Waals surface area (Å²) in [6, 6.07) is 82.1. The minimum atomic E-state index is 1.13. The molecule has 0 heterocycles. The molecule has 11 aromatic carbocycles. The van der Waals surface area contributed by atoms with Gasteiger partial charge in [0.05, 0.1) is 0 Å². The summed E-state index contributed by atoms with van der Waals surface area (Å²) < 4.78 is 0. The van der Waals surface area contributed by atoms with E-state index in [1.54, 1.807) is 0 Å². The van der Waals surface area contributed by atoms with E-state index in [-0.39, 0.29) is 0 Å². The Bertz CT molecular complexity index is 3410. The Labute approximate surface area is 369 Å². The first-order chi connectivity index (χ1) is 31.1. The molecule has 0 aliphatic carbocycles. The van der Waals surface area contributed by atoms with Crippen LogP contribution < -0.4 is 4.90 Å². The fourth-order valence-electron chi connectivity index (χ4n) is 9.62. The predicted molar refractivity (Wildman–Crippen MR) is 272 cm³/mol. The molecule has 0 aliphatic rings. The number of fused-ring (bicyclic) bond motifs is 4. The van der Waals surface area contributed by atoms with Crippen molar-refractivity contribution in [2.45, 2.75) is 13.8 Å². The lowest BCUT2D eigenvalue weighted by atomic mass is 9.86. The van der Waals surface area contributed by atoms with E-state index in [1.165, 1.54) is 93.2 Å². The highest BCUT2D eigenvalue weighted by atomic mass is 15.1. The van der Waals surface area contributed by atoms with E-state index in [0.717, 1.165) is 22.6 Å². The molecule has 1 nitrogen and oxygen atoms in total. The smallest absolute Gasteiger partial charge is 0.0464 e.